The van der Waals surface area contributed by atoms with Gasteiger partial charge in [0.25, 0.3) is 0 Å². The van der Waals surface area contributed by atoms with E-state index >= 15 is 4.79 Å². The highest BCUT2D eigenvalue weighted by molar-refractivity contribution is 7.79. The fraction of sp³-hybridized carbons (Fsp3) is 0.583. The number of likely N-dealkylation sites (N-methyl/N-ethyl adjacent to an activating group) is 1. The Morgan fingerprint density at radius 1 is 0.926 bits per heavy atom. The van der Waals surface area contributed by atoms with Crippen molar-refractivity contribution in [2.24, 2.45) is 11.3 Å². The number of rotatable bonds is 9. The van der Waals surface area contributed by atoms with Gasteiger partial charge in [-0.25, -0.2) is 4.79 Å². The number of hydrogen-bond acceptors (Lipinski definition) is 16. The molecular weight excluding hydrogens is 905 g/mol. The van der Waals surface area contributed by atoms with E-state index in [4.69, 9.17) is 41.2 Å². The first-order valence-corrected chi connectivity index (χ1v) is 24.3. The number of H-pyrrole nitrogens is 1. The molecule has 0 radical (unpaired) electrons. The van der Waals surface area contributed by atoms with E-state index in [1.165, 1.54) is 28.3 Å². The smallest absolute Gasteiger partial charge is 0.394 e. The number of esters is 4. The molecule has 5 aliphatic heterocycles. The fourth-order valence-corrected chi connectivity index (χ4v) is 13.9. The van der Waals surface area contributed by atoms with Crippen LogP contribution in [0.3, 0.4) is 0 Å². The van der Waals surface area contributed by atoms with Crippen molar-refractivity contribution < 1.29 is 70.6 Å². The SMILES string of the molecule is CC[C@]12C=CCN3CC[C@@]4(c5cc([C@@]6(C(=O)OC)C[C@H]7CN(CCc8c6[nH]c6ccccc86)C[C@](O)(CCC(=O)OC)C7)c(OC)cc5N(C)[C@H]4[C@@](O)(C(=O)OC)[C@@H]1OC(C)=O)[C@@H]32.O=S(=O)(O)O. The summed E-state index contributed by atoms with van der Waals surface area (Å²) in [6.07, 6.45) is 5.08. The molecule has 6 heterocycles. The Kier molecular flexibility index (Phi) is 12.8. The van der Waals surface area contributed by atoms with Crippen LogP contribution in [-0.4, -0.2) is 164 Å². The molecule has 2 aromatic carbocycles. The van der Waals surface area contributed by atoms with Crippen molar-refractivity contribution in [2.75, 3.05) is 73.1 Å². The number of nitrogens with zero attached hydrogens (tertiary/aromatic N) is 3. The van der Waals surface area contributed by atoms with Crippen molar-refractivity contribution >= 4 is 50.9 Å². The summed E-state index contributed by atoms with van der Waals surface area (Å²) in [5.41, 5.74) is -2.50. The second-order valence-electron chi connectivity index (χ2n) is 19.4. The van der Waals surface area contributed by atoms with Gasteiger partial charge in [0.15, 0.2) is 6.10 Å². The van der Waals surface area contributed by atoms with Gasteiger partial charge in [-0.1, -0.05) is 37.3 Å². The van der Waals surface area contributed by atoms with Crippen molar-refractivity contribution in [3.8, 4) is 5.75 Å². The number of carbonyl (C=O) groups is 4. The summed E-state index contributed by atoms with van der Waals surface area (Å²) in [4.78, 5) is 65.6. The third kappa shape index (κ3) is 7.57. The lowest BCUT2D eigenvalue weighted by Gasteiger charge is -2.63. The molecule has 1 unspecified atom stereocenters. The van der Waals surface area contributed by atoms with Crippen molar-refractivity contribution in [3.63, 3.8) is 0 Å². The zero-order chi connectivity index (χ0) is 49.4. The van der Waals surface area contributed by atoms with Crippen LogP contribution in [0.4, 0.5) is 5.69 Å². The maximum Gasteiger partial charge on any atom is 0.394 e. The highest BCUT2D eigenvalue weighted by atomic mass is 32.3. The molecule has 5 N–H and O–H groups in total. The van der Waals surface area contributed by atoms with Gasteiger partial charge in [-0.05, 0) is 74.2 Å². The van der Waals surface area contributed by atoms with Crippen molar-refractivity contribution in [2.45, 2.75) is 99.0 Å². The molecule has 9 rings (SSSR count). The molecule has 19 nitrogen and oxygen atoms in total. The molecule has 20 heteroatoms. The van der Waals surface area contributed by atoms with Crippen LogP contribution in [0.1, 0.15) is 74.8 Å². The lowest BCUT2D eigenvalue weighted by molar-refractivity contribution is -0.228. The van der Waals surface area contributed by atoms with Gasteiger partial charge in [0.1, 0.15) is 11.2 Å². The molecule has 1 aromatic heterocycles. The maximum absolute atomic E-state index is 15.4. The molecule has 2 bridgehead atoms. The molecule has 10 atom stereocenters. The Labute approximate surface area is 395 Å². The van der Waals surface area contributed by atoms with Crippen LogP contribution in [-0.2, 0) is 65.8 Å². The molecule has 1 aliphatic carbocycles. The summed E-state index contributed by atoms with van der Waals surface area (Å²) >= 11 is 0. The number of para-hydroxylation sites is 1. The minimum atomic E-state index is -4.67. The number of methoxy groups -OCH3 is 4. The fourth-order valence-electron chi connectivity index (χ4n) is 13.9. The predicted molar refractivity (Wildman–Crippen MR) is 246 cm³/mol. The van der Waals surface area contributed by atoms with Crippen LogP contribution in [0.15, 0.2) is 48.6 Å². The number of fused-ring (bicyclic) bond motifs is 6. The molecule has 0 amide bonds. The average molecular weight is 967 g/mol. The summed E-state index contributed by atoms with van der Waals surface area (Å²) < 4.78 is 60.5. The third-order valence-corrected chi connectivity index (χ3v) is 16.0. The highest BCUT2D eigenvalue weighted by Gasteiger charge is 2.80. The molecule has 68 heavy (non-hydrogen) atoms. The Bertz CT molecular complexity index is 2650. The molecule has 1 saturated carbocycles. The van der Waals surface area contributed by atoms with Crippen LogP contribution in [0.25, 0.3) is 10.9 Å². The lowest BCUT2D eigenvalue weighted by atomic mass is 9.47. The zero-order valence-electron chi connectivity index (χ0n) is 39.4. The van der Waals surface area contributed by atoms with E-state index in [9.17, 15) is 24.6 Å². The highest BCUT2D eigenvalue weighted by Crippen LogP contribution is 2.68. The van der Waals surface area contributed by atoms with Crippen LogP contribution in [0.5, 0.6) is 5.75 Å². The molecule has 6 aliphatic rings. The predicted octanol–water partition coefficient (Wildman–Crippen LogP) is 2.88. The number of piperidine rings is 1. The van der Waals surface area contributed by atoms with Gasteiger partial charge in [0.05, 0.1) is 40.1 Å². The quantitative estimate of drug-likeness (QED) is 0.0895. The Balaban J connectivity index is 0.00000119. The van der Waals surface area contributed by atoms with E-state index < -0.39 is 73.9 Å². The molecular formula is C48H62N4O15S. The first-order valence-electron chi connectivity index (χ1n) is 22.9. The van der Waals surface area contributed by atoms with Gasteiger partial charge >= 0.3 is 34.3 Å². The average Bonchev–Trinajstić information content (AvgIpc) is 3.96. The Hall–Kier alpha value is -5.09. The first kappa shape index (κ1) is 49.3. The number of aromatic nitrogens is 1. The van der Waals surface area contributed by atoms with Gasteiger partial charge in [0, 0.05) is 97.4 Å². The number of anilines is 1. The van der Waals surface area contributed by atoms with E-state index in [0.29, 0.717) is 81.1 Å². The largest absolute Gasteiger partial charge is 0.496 e. The second kappa shape index (κ2) is 17.7. The van der Waals surface area contributed by atoms with Crippen molar-refractivity contribution in [3.05, 3.63) is 70.9 Å². The molecule has 370 valence electrons. The minimum Gasteiger partial charge on any atom is -0.496 e. The Morgan fingerprint density at radius 3 is 2.28 bits per heavy atom. The van der Waals surface area contributed by atoms with Crippen molar-refractivity contribution in [1.29, 1.82) is 0 Å². The number of nitrogens with one attached hydrogen (secondary N) is 1. The van der Waals surface area contributed by atoms with E-state index in [1.54, 1.807) is 7.11 Å². The van der Waals surface area contributed by atoms with Crippen molar-refractivity contribution in [1.82, 2.24) is 14.8 Å². The van der Waals surface area contributed by atoms with Crippen LogP contribution in [0.2, 0.25) is 0 Å². The number of aliphatic hydroxyl groups is 2. The van der Waals surface area contributed by atoms with Gasteiger partial charge < -0.3 is 43.8 Å². The summed E-state index contributed by atoms with van der Waals surface area (Å²) in [7, 11) is 2.72. The molecule has 3 aromatic rings. The van der Waals surface area contributed by atoms with Gasteiger partial charge in [-0.15, -0.1) is 0 Å². The van der Waals surface area contributed by atoms with E-state index in [-0.39, 0.29) is 31.2 Å². The van der Waals surface area contributed by atoms with Crippen LogP contribution >= 0.6 is 0 Å². The normalized spacial score (nSPS) is 33.5. The lowest BCUT2D eigenvalue weighted by Crippen LogP contribution is -2.81. The van der Waals surface area contributed by atoms with E-state index in [0.717, 1.165) is 22.0 Å². The second-order valence-corrected chi connectivity index (χ2v) is 20.3. The van der Waals surface area contributed by atoms with Gasteiger partial charge in [0.2, 0.25) is 5.60 Å². The first-order chi connectivity index (χ1) is 32.1. The zero-order valence-corrected chi connectivity index (χ0v) is 40.3. The van der Waals surface area contributed by atoms with Crippen LogP contribution in [0, 0.1) is 11.3 Å². The van der Waals surface area contributed by atoms with E-state index in [2.05, 4.69) is 26.9 Å². The molecule has 2 saturated heterocycles. The topological polar surface area (TPSA) is 255 Å². The number of benzene rings is 2. The minimum absolute atomic E-state index is 0.0532. The standard InChI is InChI=1S/C48H60N4O11.H2O4S/c1-8-45-16-11-19-52-21-18-46(39(45)52)32-22-33(36(59-4)23-35(32)50(3)40(46)48(58,43(56)62-7)41(45)63-28(2)53)47(42(55)61-6)25-29-24-44(57,17-14-37(54)60-5)27-51(26-29)20-15-31-30-12-9-10-13-34(30)49-38(31)47;1-5(2,3)4/h9-13,16,22-23,29,39-41,49,57-58H,8,14-15,17-21,24-27H2,1-7H3;(H2,1,2,3,4)/t29-,39-,40+,41+,44-,45+,46+,47-,48-;/m0./s1. The van der Waals surface area contributed by atoms with Gasteiger partial charge in [-0.2, -0.15) is 8.42 Å². The summed E-state index contributed by atoms with van der Waals surface area (Å²) in [6, 6.07) is 10.7. The van der Waals surface area contributed by atoms with E-state index in [1.807, 2.05) is 55.3 Å². The maximum atomic E-state index is 15.4. The number of carbonyl (C=O) groups excluding carboxylic acids is 4. The monoisotopic (exact) mass is 966 g/mol. The summed E-state index contributed by atoms with van der Waals surface area (Å²) in [5.74, 6) is -2.29. The number of ether oxygens (including phenoxy) is 5. The summed E-state index contributed by atoms with van der Waals surface area (Å²) in [5, 5.41) is 26.6. The van der Waals surface area contributed by atoms with Gasteiger partial charge in [-0.3, -0.25) is 33.3 Å². The molecule has 3 fully saturated rings. The third-order valence-electron chi connectivity index (χ3n) is 16.0. The van der Waals surface area contributed by atoms with Crippen LogP contribution < -0.4 is 9.64 Å². The summed E-state index contributed by atoms with van der Waals surface area (Å²) in [6.45, 7) is 6.09. The molecule has 1 spiro atoms. The number of hydrogen-bond donors (Lipinski definition) is 5. The number of aromatic amines is 1. The Morgan fingerprint density at radius 2 is 1.63 bits per heavy atom.